The van der Waals surface area contributed by atoms with Crippen molar-refractivity contribution in [1.82, 2.24) is 14.9 Å². The first-order valence-corrected chi connectivity index (χ1v) is 12.3. The van der Waals surface area contributed by atoms with Crippen molar-refractivity contribution in [3.8, 4) is 0 Å². The summed E-state index contributed by atoms with van der Waals surface area (Å²) < 4.78 is 24.2. The average Bonchev–Trinajstić information content (AvgIpc) is 2.74. The average molecular weight is 461 g/mol. The van der Waals surface area contributed by atoms with E-state index in [1.165, 1.54) is 23.9 Å². The molecule has 2 aromatic carbocycles. The monoisotopic (exact) mass is 460 g/mol. The summed E-state index contributed by atoms with van der Waals surface area (Å²) in [6.07, 6.45) is 1.33. The Morgan fingerprint density at radius 2 is 1.87 bits per heavy atom. The fourth-order valence-electron chi connectivity index (χ4n) is 3.05. The molecule has 0 spiro atoms. The Morgan fingerprint density at radius 1 is 1.16 bits per heavy atom. The first-order valence-electron chi connectivity index (χ1n) is 9.80. The number of nitrogens with two attached hydrogens (primary N) is 1. The second kappa shape index (κ2) is 10.1. The number of benzene rings is 2. The lowest BCUT2D eigenvalue weighted by Crippen LogP contribution is -2.28. The zero-order chi connectivity index (χ0) is 22.4. The smallest absolute Gasteiger partial charge is 0.262 e. The molecule has 0 saturated heterocycles. The van der Waals surface area contributed by atoms with Gasteiger partial charge in [-0.1, -0.05) is 43.0 Å². The number of nitrogens with zero attached hydrogens (tertiary/aromatic N) is 2. The molecule has 0 aliphatic rings. The molecule has 10 heteroatoms. The molecule has 1 aromatic heterocycles. The number of thioether (sulfide) groups is 1. The fraction of sp³-hybridized carbons (Fsp3) is 0.286. The Labute approximate surface area is 184 Å². The first kappa shape index (κ1) is 23.0. The number of nitrogens with one attached hydrogen (secondary N) is 1. The molecular weight excluding hydrogens is 436 g/mol. The highest BCUT2D eigenvalue weighted by Gasteiger charge is 2.13. The van der Waals surface area contributed by atoms with Crippen LogP contribution in [0.25, 0.3) is 10.9 Å². The minimum Gasteiger partial charge on any atom is -0.355 e. The minimum absolute atomic E-state index is 0.0534. The van der Waals surface area contributed by atoms with Gasteiger partial charge in [-0.25, -0.2) is 18.5 Å². The van der Waals surface area contributed by atoms with Crippen LogP contribution in [0.5, 0.6) is 0 Å². The van der Waals surface area contributed by atoms with Gasteiger partial charge in [0, 0.05) is 13.1 Å². The van der Waals surface area contributed by atoms with E-state index in [9.17, 15) is 18.0 Å². The minimum atomic E-state index is -3.71. The number of rotatable bonds is 9. The number of para-hydroxylation sites is 1. The summed E-state index contributed by atoms with van der Waals surface area (Å²) in [7, 11) is -3.71. The van der Waals surface area contributed by atoms with Crippen molar-refractivity contribution in [1.29, 1.82) is 0 Å². The van der Waals surface area contributed by atoms with E-state index in [0.29, 0.717) is 35.6 Å². The van der Waals surface area contributed by atoms with Crippen LogP contribution < -0.4 is 16.0 Å². The maximum Gasteiger partial charge on any atom is 0.262 e. The Balaban J connectivity index is 1.59. The summed E-state index contributed by atoms with van der Waals surface area (Å²) in [4.78, 5) is 29.7. The van der Waals surface area contributed by atoms with Gasteiger partial charge in [0.2, 0.25) is 15.9 Å². The van der Waals surface area contributed by atoms with Gasteiger partial charge in [-0.3, -0.25) is 14.2 Å². The Bertz CT molecular complexity index is 1240. The van der Waals surface area contributed by atoms with E-state index in [1.54, 1.807) is 28.8 Å². The van der Waals surface area contributed by atoms with Crippen LogP contribution in [-0.4, -0.2) is 36.2 Å². The van der Waals surface area contributed by atoms with Crippen molar-refractivity contribution in [2.75, 3.05) is 12.3 Å². The normalized spacial score (nSPS) is 11.5. The van der Waals surface area contributed by atoms with Crippen LogP contribution in [0.15, 0.2) is 63.4 Å². The molecule has 0 saturated carbocycles. The SMILES string of the molecule is CCCn1c(SCC(=O)NCCc2ccc(S(N)(=O)=O)cc2)nc2ccccc2c1=O. The molecule has 0 unspecified atom stereocenters. The summed E-state index contributed by atoms with van der Waals surface area (Å²) in [6, 6.07) is 13.4. The van der Waals surface area contributed by atoms with Crippen molar-refractivity contribution in [3.63, 3.8) is 0 Å². The van der Waals surface area contributed by atoms with E-state index < -0.39 is 10.0 Å². The van der Waals surface area contributed by atoms with Gasteiger partial charge in [-0.05, 0) is 42.7 Å². The van der Waals surface area contributed by atoms with Crippen LogP contribution in [0.3, 0.4) is 0 Å². The van der Waals surface area contributed by atoms with Crippen molar-refractivity contribution < 1.29 is 13.2 Å². The van der Waals surface area contributed by atoms with Crippen molar-refractivity contribution >= 4 is 38.6 Å². The second-order valence-corrected chi connectivity index (χ2v) is 9.45. The molecule has 31 heavy (non-hydrogen) atoms. The van der Waals surface area contributed by atoms with Gasteiger partial charge in [0.25, 0.3) is 5.56 Å². The van der Waals surface area contributed by atoms with Gasteiger partial charge >= 0.3 is 0 Å². The van der Waals surface area contributed by atoms with E-state index in [-0.39, 0.29) is 22.1 Å². The van der Waals surface area contributed by atoms with Gasteiger partial charge in [0.1, 0.15) is 0 Å². The third-order valence-electron chi connectivity index (χ3n) is 4.59. The van der Waals surface area contributed by atoms with E-state index >= 15 is 0 Å². The predicted octanol–water partition coefficient (Wildman–Crippen LogP) is 1.90. The van der Waals surface area contributed by atoms with Crippen LogP contribution in [0.2, 0.25) is 0 Å². The van der Waals surface area contributed by atoms with Gasteiger partial charge < -0.3 is 5.32 Å². The molecule has 0 aliphatic carbocycles. The molecule has 0 atom stereocenters. The quantitative estimate of drug-likeness (QED) is 0.371. The highest BCUT2D eigenvalue weighted by molar-refractivity contribution is 7.99. The van der Waals surface area contributed by atoms with Crippen LogP contribution in [0.4, 0.5) is 0 Å². The summed E-state index contributed by atoms with van der Waals surface area (Å²) in [5.74, 6) is -0.0321. The van der Waals surface area contributed by atoms with Crippen LogP contribution in [0, 0.1) is 0 Å². The third-order valence-corrected chi connectivity index (χ3v) is 6.50. The molecule has 0 aliphatic heterocycles. The second-order valence-electron chi connectivity index (χ2n) is 6.95. The summed E-state index contributed by atoms with van der Waals surface area (Å²) in [6.45, 7) is 2.93. The molecule has 164 valence electrons. The van der Waals surface area contributed by atoms with Crippen LogP contribution >= 0.6 is 11.8 Å². The molecular formula is C21H24N4O4S2. The van der Waals surface area contributed by atoms with E-state index in [4.69, 9.17) is 5.14 Å². The largest absolute Gasteiger partial charge is 0.355 e. The first-order chi connectivity index (χ1) is 14.8. The molecule has 3 rings (SSSR count). The number of aromatic nitrogens is 2. The third kappa shape index (κ3) is 5.93. The Kier molecular flexibility index (Phi) is 7.47. The topological polar surface area (TPSA) is 124 Å². The summed E-state index contributed by atoms with van der Waals surface area (Å²) in [5, 5.41) is 9.01. The van der Waals surface area contributed by atoms with Crippen molar-refractivity contribution in [2.45, 2.75) is 36.4 Å². The van der Waals surface area contributed by atoms with E-state index in [0.717, 1.165) is 12.0 Å². The number of primary sulfonamides is 1. The standard InChI is InChI=1S/C21H24N4O4S2/c1-2-13-25-20(27)17-5-3-4-6-18(17)24-21(25)30-14-19(26)23-12-11-15-7-9-16(10-8-15)31(22,28)29/h3-10H,2,11-14H2,1H3,(H,23,26)(H2,22,28,29). The Hall–Kier alpha value is -2.69. The molecule has 0 fully saturated rings. The number of carbonyl (C=O) groups excluding carboxylic acids is 1. The number of amides is 1. The molecule has 8 nitrogen and oxygen atoms in total. The van der Waals surface area contributed by atoms with E-state index in [1.807, 2.05) is 19.1 Å². The van der Waals surface area contributed by atoms with Gasteiger partial charge in [-0.15, -0.1) is 0 Å². The van der Waals surface area contributed by atoms with Gasteiger partial charge in [0.15, 0.2) is 5.16 Å². The number of carbonyl (C=O) groups is 1. The lowest BCUT2D eigenvalue weighted by Gasteiger charge is -2.12. The van der Waals surface area contributed by atoms with Crippen molar-refractivity contribution in [2.24, 2.45) is 5.14 Å². The molecule has 3 aromatic rings. The Morgan fingerprint density at radius 3 is 2.55 bits per heavy atom. The lowest BCUT2D eigenvalue weighted by atomic mass is 10.1. The zero-order valence-electron chi connectivity index (χ0n) is 17.1. The molecule has 0 bridgehead atoms. The zero-order valence-corrected chi connectivity index (χ0v) is 18.7. The maximum atomic E-state index is 12.8. The highest BCUT2D eigenvalue weighted by atomic mass is 32.2. The van der Waals surface area contributed by atoms with Gasteiger partial charge in [-0.2, -0.15) is 0 Å². The number of hydrogen-bond acceptors (Lipinski definition) is 6. The lowest BCUT2D eigenvalue weighted by molar-refractivity contribution is -0.118. The van der Waals surface area contributed by atoms with E-state index in [2.05, 4.69) is 10.3 Å². The number of hydrogen-bond donors (Lipinski definition) is 2. The predicted molar refractivity (Wildman–Crippen MR) is 122 cm³/mol. The fourth-order valence-corrected chi connectivity index (χ4v) is 4.42. The molecule has 1 amide bonds. The maximum absolute atomic E-state index is 12.8. The van der Waals surface area contributed by atoms with Crippen molar-refractivity contribution in [3.05, 3.63) is 64.4 Å². The summed E-state index contributed by atoms with van der Waals surface area (Å²) >= 11 is 1.23. The van der Waals surface area contributed by atoms with Crippen LogP contribution in [-0.2, 0) is 27.8 Å². The molecule has 0 radical (unpaired) electrons. The molecule has 3 N–H and O–H groups in total. The van der Waals surface area contributed by atoms with Gasteiger partial charge in [0.05, 0.1) is 21.6 Å². The highest BCUT2D eigenvalue weighted by Crippen LogP contribution is 2.18. The van der Waals surface area contributed by atoms with Crippen LogP contribution in [0.1, 0.15) is 18.9 Å². The summed E-state index contributed by atoms with van der Waals surface area (Å²) in [5.41, 5.74) is 1.40. The number of fused-ring (bicyclic) bond motifs is 1. The number of sulfonamides is 1. The molecule has 1 heterocycles.